The minimum atomic E-state index is 0.797. The summed E-state index contributed by atoms with van der Waals surface area (Å²) in [7, 11) is 1.85. The standard InChI is InChI=1S/C15H14N4/c1-10-9-17-8-7-11(10)14-12-5-3-4-6-13(12)15(16-2)19-18-14/h3-9H,1-2H3,(H,16,19). The van der Waals surface area contributed by atoms with E-state index in [4.69, 9.17) is 0 Å². The summed E-state index contributed by atoms with van der Waals surface area (Å²) in [6, 6.07) is 10.1. The second-order valence-electron chi connectivity index (χ2n) is 4.38. The minimum absolute atomic E-state index is 0.797. The van der Waals surface area contributed by atoms with Crippen LogP contribution in [-0.2, 0) is 0 Å². The van der Waals surface area contributed by atoms with Gasteiger partial charge in [0.15, 0.2) is 5.82 Å². The lowest BCUT2D eigenvalue weighted by molar-refractivity contribution is 1.05. The lowest BCUT2D eigenvalue weighted by Gasteiger charge is -2.10. The van der Waals surface area contributed by atoms with E-state index in [0.717, 1.165) is 33.4 Å². The van der Waals surface area contributed by atoms with E-state index in [-0.39, 0.29) is 0 Å². The van der Waals surface area contributed by atoms with E-state index in [2.05, 4.69) is 32.6 Å². The van der Waals surface area contributed by atoms with Crippen molar-refractivity contribution in [3.8, 4) is 11.3 Å². The first kappa shape index (κ1) is 11.6. The number of anilines is 1. The molecule has 94 valence electrons. The monoisotopic (exact) mass is 250 g/mol. The zero-order valence-corrected chi connectivity index (χ0v) is 10.9. The van der Waals surface area contributed by atoms with E-state index in [1.807, 2.05) is 38.4 Å². The fourth-order valence-corrected chi connectivity index (χ4v) is 2.23. The molecule has 3 aromatic rings. The summed E-state index contributed by atoms with van der Waals surface area (Å²) in [5.41, 5.74) is 3.06. The summed E-state index contributed by atoms with van der Waals surface area (Å²) in [5, 5.41) is 13.9. The van der Waals surface area contributed by atoms with Crippen molar-refractivity contribution in [3.05, 3.63) is 48.3 Å². The smallest absolute Gasteiger partial charge is 0.156 e. The van der Waals surface area contributed by atoms with Gasteiger partial charge in [-0.25, -0.2) is 0 Å². The van der Waals surface area contributed by atoms with E-state index in [9.17, 15) is 0 Å². The van der Waals surface area contributed by atoms with Gasteiger partial charge in [-0.15, -0.1) is 10.2 Å². The van der Waals surface area contributed by atoms with E-state index >= 15 is 0 Å². The summed E-state index contributed by atoms with van der Waals surface area (Å²) in [4.78, 5) is 4.12. The molecule has 4 heteroatoms. The average molecular weight is 250 g/mol. The number of nitrogens with one attached hydrogen (secondary N) is 1. The highest BCUT2D eigenvalue weighted by molar-refractivity contribution is 6.00. The molecule has 0 radical (unpaired) electrons. The molecule has 3 rings (SSSR count). The summed E-state index contributed by atoms with van der Waals surface area (Å²) in [6.45, 7) is 2.03. The normalized spacial score (nSPS) is 10.6. The molecular weight excluding hydrogens is 236 g/mol. The van der Waals surface area contributed by atoms with Gasteiger partial charge in [-0.1, -0.05) is 24.3 Å². The van der Waals surface area contributed by atoms with Crippen LogP contribution in [0.4, 0.5) is 5.82 Å². The summed E-state index contributed by atoms with van der Waals surface area (Å²) in [5.74, 6) is 0.797. The lowest BCUT2D eigenvalue weighted by atomic mass is 10.0. The maximum Gasteiger partial charge on any atom is 0.156 e. The molecule has 0 fully saturated rings. The first-order valence-electron chi connectivity index (χ1n) is 6.15. The maximum atomic E-state index is 4.37. The Kier molecular flexibility index (Phi) is 2.83. The van der Waals surface area contributed by atoms with Crippen LogP contribution in [0.15, 0.2) is 42.7 Å². The predicted octanol–water partition coefficient (Wildman–Crippen LogP) is 3.04. The Labute approximate surface area is 111 Å². The van der Waals surface area contributed by atoms with Crippen LogP contribution in [0.2, 0.25) is 0 Å². The second kappa shape index (κ2) is 4.65. The predicted molar refractivity (Wildman–Crippen MR) is 77.1 cm³/mol. The highest BCUT2D eigenvalue weighted by Gasteiger charge is 2.11. The van der Waals surface area contributed by atoms with Crippen LogP contribution in [0, 0.1) is 6.92 Å². The van der Waals surface area contributed by atoms with Crippen molar-refractivity contribution in [1.29, 1.82) is 0 Å². The van der Waals surface area contributed by atoms with Crippen LogP contribution >= 0.6 is 0 Å². The first-order chi connectivity index (χ1) is 9.31. The van der Waals surface area contributed by atoms with E-state index in [0.29, 0.717) is 0 Å². The Morgan fingerprint density at radius 3 is 2.53 bits per heavy atom. The molecule has 0 atom stereocenters. The van der Waals surface area contributed by atoms with E-state index in [1.54, 1.807) is 6.20 Å². The number of pyridine rings is 1. The lowest BCUT2D eigenvalue weighted by Crippen LogP contribution is -1.99. The van der Waals surface area contributed by atoms with Gasteiger partial charge in [-0.3, -0.25) is 4.98 Å². The van der Waals surface area contributed by atoms with Crippen molar-refractivity contribution in [2.75, 3.05) is 12.4 Å². The summed E-state index contributed by atoms with van der Waals surface area (Å²) in [6.07, 6.45) is 3.63. The van der Waals surface area contributed by atoms with Crippen molar-refractivity contribution in [3.63, 3.8) is 0 Å². The van der Waals surface area contributed by atoms with Crippen molar-refractivity contribution >= 4 is 16.6 Å². The van der Waals surface area contributed by atoms with Crippen LogP contribution in [-0.4, -0.2) is 22.2 Å². The SMILES string of the molecule is CNc1nnc(-c2ccncc2C)c2ccccc12. The second-order valence-corrected chi connectivity index (χ2v) is 4.38. The molecule has 2 aromatic heterocycles. The number of hydrogen-bond acceptors (Lipinski definition) is 4. The number of nitrogens with zero attached hydrogens (tertiary/aromatic N) is 3. The number of rotatable bonds is 2. The average Bonchev–Trinajstić information content (AvgIpc) is 2.47. The molecule has 0 unspecified atom stereocenters. The van der Waals surface area contributed by atoms with Crippen LogP contribution < -0.4 is 5.32 Å². The third-order valence-electron chi connectivity index (χ3n) is 3.20. The maximum absolute atomic E-state index is 4.37. The van der Waals surface area contributed by atoms with Gasteiger partial charge in [0.05, 0.1) is 0 Å². The molecule has 1 aromatic carbocycles. The molecule has 4 nitrogen and oxygen atoms in total. The van der Waals surface area contributed by atoms with Crippen molar-refractivity contribution in [2.45, 2.75) is 6.92 Å². The molecule has 2 heterocycles. The largest absolute Gasteiger partial charge is 0.371 e. The van der Waals surface area contributed by atoms with Crippen molar-refractivity contribution in [1.82, 2.24) is 15.2 Å². The van der Waals surface area contributed by atoms with Crippen molar-refractivity contribution in [2.24, 2.45) is 0 Å². The molecule has 1 N–H and O–H groups in total. The quantitative estimate of drug-likeness (QED) is 0.759. The third-order valence-corrected chi connectivity index (χ3v) is 3.20. The Balaban J connectivity index is 2.35. The van der Waals surface area contributed by atoms with E-state index in [1.165, 1.54) is 0 Å². The zero-order valence-electron chi connectivity index (χ0n) is 10.9. The Bertz CT molecular complexity index is 737. The fraction of sp³-hybridized carbons (Fsp3) is 0.133. The third kappa shape index (κ3) is 1.91. The molecule has 0 aliphatic heterocycles. The zero-order chi connectivity index (χ0) is 13.2. The molecular formula is C15H14N4. The molecule has 0 aliphatic carbocycles. The van der Waals surface area contributed by atoms with Gasteiger partial charge in [0.1, 0.15) is 5.69 Å². The van der Waals surface area contributed by atoms with Gasteiger partial charge in [0, 0.05) is 35.8 Å². The Morgan fingerprint density at radius 2 is 1.79 bits per heavy atom. The van der Waals surface area contributed by atoms with Gasteiger partial charge in [0.2, 0.25) is 0 Å². The van der Waals surface area contributed by atoms with Crippen LogP contribution in [0.1, 0.15) is 5.56 Å². The highest BCUT2D eigenvalue weighted by Crippen LogP contribution is 2.30. The fourth-order valence-electron chi connectivity index (χ4n) is 2.23. The topological polar surface area (TPSA) is 50.7 Å². The molecule has 0 aliphatic rings. The molecule has 0 spiro atoms. The minimum Gasteiger partial charge on any atom is -0.371 e. The molecule has 0 saturated heterocycles. The van der Waals surface area contributed by atoms with Crippen LogP contribution in [0.25, 0.3) is 22.0 Å². The van der Waals surface area contributed by atoms with Crippen LogP contribution in [0.5, 0.6) is 0 Å². The van der Waals surface area contributed by atoms with Gasteiger partial charge >= 0.3 is 0 Å². The Hall–Kier alpha value is -2.49. The number of hydrogen-bond donors (Lipinski definition) is 1. The molecule has 0 bridgehead atoms. The first-order valence-corrected chi connectivity index (χ1v) is 6.15. The van der Waals surface area contributed by atoms with Gasteiger partial charge < -0.3 is 5.32 Å². The Morgan fingerprint density at radius 1 is 1.00 bits per heavy atom. The number of aryl methyl sites for hydroxylation is 1. The number of aromatic nitrogens is 3. The van der Waals surface area contributed by atoms with Crippen molar-refractivity contribution < 1.29 is 0 Å². The summed E-state index contributed by atoms with van der Waals surface area (Å²) >= 11 is 0. The van der Waals surface area contributed by atoms with Gasteiger partial charge in [-0.2, -0.15) is 0 Å². The van der Waals surface area contributed by atoms with E-state index < -0.39 is 0 Å². The van der Waals surface area contributed by atoms with Gasteiger partial charge in [0.25, 0.3) is 0 Å². The molecule has 0 saturated carbocycles. The number of benzene rings is 1. The molecule has 19 heavy (non-hydrogen) atoms. The highest BCUT2D eigenvalue weighted by atomic mass is 15.2. The summed E-state index contributed by atoms with van der Waals surface area (Å²) < 4.78 is 0. The number of fused-ring (bicyclic) bond motifs is 1. The van der Waals surface area contributed by atoms with Crippen LogP contribution in [0.3, 0.4) is 0 Å². The molecule has 0 amide bonds. The van der Waals surface area contributed by atoms with Gasteiger partial charge in [-0.05, 0) is 18.6 Å².